The molecule has 0 radical (unpaired) electrons. The Morgan fingerprint density at radius 1 is 0.950 bits per heavy atom. The molecule has 0 saturated carbocycles. The fourth-order valence-corrected chi connectivity index (χ4v) is 2.40. The van der Waals surface area contributed by atoms with Crippen LogP contribution in [0.25, 0.3) is 0 Å². The second-order valence-corrected chi connectivity index (χ2v) is 5.63. The van der Waals surface area contributed by atoms with Gasteiger partial charge >= 0.3 is 0 Å². The van der Waals surface area contributed by atoms with Crippen LogP contribution in [0.1, 0.15) is 69.1 Å². The van der Waals surface area contributed by atoms with Gasteiger partial charge in [-0.1, -0.05) is 56.7 Å². The predicted molar refractivity (Wildman–Crippen MR) is 90.5 cm³/mol. The summed E-state index contributed by atoms with van der Waals surface area (Å²) in [6.45, 7) is 4.45. The molecule has 0 fully saturated rings. The topological polar surface area (TPSA) is 0 Å². The number of alkyl halides is 1. The fourth-order valence-electron chi connectivity index (χ4n) is 2.27. The SMILES string of the molecule is CCCCC#Cc1c(CCCC)cccc1CCCCl. The van der Waals surface area contributed by atoms with Gasteiger partial charge in [0.2, 0.25) is 0 Å². The highest BCUT2D eigenvalue weighted by atomic mass is 35.5. The second-order valence-electron chi connectivity index (χ2n) is 5.25. The van der Waals surface area contributed by atoms with Crippen molar-refractivity contribution in [3.05, 3.63) is 34.9 Å². The lowest BCUT2D eigenvalue weighted by molar-refractivity contribution is 0.790. The van der Waals surface area contributed by atoms with Crippen LogP contribution in [-0.4, -0.2) is 5.88 Å². The number of benzene rings is 1. The van der Waals surface area contributed by atoms with Gasteiger partial charge in [-0.25, -0.2) is 0 Å². The molecule has 0 atom stereocenters. The summed E-state index contributed by atoms with van der Waals surface area (Å²) >= 11 is 5.84. The maximum absolute atomic E-state index is 5.84. The van der Waals surface area contributed by atoms with Crippen LogP contribution in [0.5, 0.6) is 0 Å². The van der Waals surface area contributed by atoms with Crippen LogP contribution < -0.4 is 0 Å². The van der Waals surface area contributed by atoms with Gasteiger partial charge in [-0.05, 0) is 43.2 Å². The highest BCUT2D eigenvalue weighted by molar-refractivity contribution is 6.17. The van der Waals surface area contributed by atoms with E-state index in [1.807, 2.05) is 0 Å². The van der Waals surface area contributed by atoms with E-state index in [4.69, 9.17) is 11.6 Å². The minimum atomic E-state index is 0.724. The van der Waals surface area contributed by atoms with E-state index in [1.165, 1.54) is 42.4 Å². The normalized spacial score (nSPS) is 10.2. The van der Waals surface area contributed by atoms with Crippen LogP contribution in [0.15, 0.2) is 18.2 Å². The molecule has 0 saturated heterocycles. The van der Waals surface area contributed by atoms with E-state index in [-0.39, 0.29) is 0 Å². The monoisotopic (exact) mass is 290 g/mol. The lowest BCUT2D eigenvalue weighted by atomic mass is 9.95. The molecule has 0 aliphatic rings. The lowest BCUT2D eigenvalue weighted by Gasteiger charge is -2.10. The molecule has 0 nitrogen and oxygen atoms in total. The van der Waals surface area contributed by atoms with E-state index in [1.54, 1.807) is 0 Å². The van der Waals surface area contributed by atoms with Gasteiger partial charge in [0.25, 0.3) is 0 Å². The van der Waals surface area contributed by atoms with Crippen molar-refractivity contribution in [1.29, 1.82) is 0 Å². The van der Waals surface area contributed by atoms with Crippen LogP contribution in [0, 0.1) is 11.8 Å². The molecule has 0 aliphatic heterocycles. The molecule has 0 amide bonds. The van der Waals surface area contributed by atoms with Crippen LogP contribution in [-0.2, 0) is 12.8 Å². The van der Waals surface area contributed by atoms with Gasteiger partial charge in [0.15, 0.2) is 0 Å². The predicted octanol–water partition coefficient (Wildman–Crippen LogP) is 5.74. The molecule has 0 N–H and O–H groups in total. The fraction of sp³-hybridized carbons (Fsp3) is 0.579. The number of hydrogen-bond donors (Lipinski definition) is 0. The summed E-state index contributed by atoms with van der Waals surface area (Å²) in [6, 6.07) is 6.63. The second kappa shape index (κ2) is 10.8. The number of hydrogen-bond acceptors (Lipinski definition) is 0. The Hall–Kier alpha value is -0.930. The zero-order valence-electron chi connectivity index (χ0n) is 13.0. The molecule has 1 aromatic rings. The van der Waals surface area contributed by atoms with Crippen molar-refractivity contribution in [1.82, 2.24) is 0 Å². The molecule has 0 aliphatic carbocycles. The third-order valence-corrected chi connectivity index (χ3v) is 3.75. The number of aryl methyl sites for hydroxylation is 2. The minimum absolute atomic E-state index is 0.724. The molecule has 0 bridgehead atoms. The van der Waals surface area contributed by atoms with Crippen LogP contribution in [0.3, 0.4) is 0 Å². The molecule has 110 valence electrons. The molecule has 0 unspecified atom stereocenters. The van der Waals surface area contributed by atoms with Gasteiger partial charge in [0.05, 0.1) is 0 Å². The Morgan fingerprint density at radius 3 is 2.20 bits per heavy atom. The molecule has 0 aromatic heterocycles. The van der Waals surface area contributed by atoms with Crippen molar-refractivity contribution in [2.75, 3.05) is 5.88 Å². The first-order valence-corrected chi connectivity index (χ1v) is 8.52. The zero-order chi connectivity index (χ0) is 14.6. The van der Waals surface area contributed by atoms with Crippen molar-refractivity contribution in [3.8, 4) is 11.8 Å². The van der Waals surface area contributed by atoms with Gasteiger partial charge in [0.1, 0.15) is 0 Å². The lowest BCUT2D eigenvalue weighted by Crippen LogP contribution is -1.98. The minimum Gasteiger partial charge on any atom is -0.127 e. The summed E-state index contributed by atoms with van der Waals surface area (Å²) in [4.78, 5) is 0. The van der Waals surface area contributed by atoms with Gasteiger partial charge in [-0.2, -0.15) is 0 Å². The molecule has 1 heteroatoms. The van der Waals surface area contributed by atoms with E-state index in [9.17, 15) is 0 Å². The van der Waals surface area contributed by atoms with Crippen molar-refractivity contribution in [2.24, 2.45) is 0 Å². The molecule has 0 spiro atoms. The summed E-state index contributed by atoms with van der Waals surface area (Å²) < 4.78 is 0. The maximum atomic E-state index is 5.84. The summed E-state index contributed by atoms with van der Waals surface area (Å²) in [5.41, 5.74) is 4.08. The average molecular weight is 291 g/mol. The van der Waals surface area contributed by atoms with Gasteiger partial charge in [-0.3, -0.25) is 0 Å². The first-order chi connectivity index (χ1) is 9.83. The third-order valence-electron chi connectivity index (χ3n) is 3.49. The zero-order valence-corrected chi connectivity index (χ0v) is 13.7. The third kappa shape index (κ3) is 6.02. The number of halogens is 1. The quantitative estimate of drug-likeness (QED) is 0.325. The Kier molecular flexibility index (Phi) is 9.25. The summed E-state index contributed by atoms with van der Waals surface area (Å²) in [6.07, 6.45) is 9.10. The Bertz CT molecular complexity index is 411. The average Bonchev–Trinajstić information content (AvgIpc) is 2.48. The van der Waals surface area contributed by atoms with Gasteiger partial charge < -0.3 is 0 Å². The van der Waals surface area contributed by atoms with Crippen LogP contribution in [0.2, 0.25) is 0 Å². The molecular formula is C19H27Cl. The highest BCUT2D eigenvalue weighted by Gasteiger charge is 2.06. The molecule has 1 rings (SSSR count). The Balaban J connectivity index is 2.93. The van der Waals surface area contributed by atoms with Crippen molar-refractivity contribution in [3.63, 3.8) is 0 Å². The largest absolute Gasteiger partial charge is 0.127 e. The van der Waals surface area contributed by atoms with E-state index in [0.29, 0.717) is 0 Å². The highest BCUT2D eigenvalue weighted by Crippen LogP contribution is 2.18. The standard InChI is InChI=1S/C19H27Cl/c1-3-5-7-8-15-19-17(11-6-4-2)12-9-13-18(19)14-10-16-20/h9,12-13H,3-7,10-11,14,16H2,1-2H3. The van der Waals surface area contributed by atoms with Crippen molar-refractivity contribution in [2.45, 2.75) is 65.2 Å². The smallest absolute Gasteiger partial charge is 0.0309 e. The Morgan fingerprint density at radius 2 is 1.60 bits per heavy atom. The summed E-state index contributed by atoms with van der Waals surface area (Å²) in [5, 5.41) is 0. The molecule has 1 aromatic carbocycles. The van der Waals surface area contributed by atoms with Crippen LogP contribution in [0.4, 0.5) is 0 Å². The molecule has 20 heavy (non-hydrogen) atoms. The summed E-state index contributed by atoms with van der Waals surface area (Å²) in [7, 11) is 0. The molecular weight excluding hydrogens is 264 g/mol. The van der Waals surface area contributed by atoms with E-state index < -0.39 is 0 Å². The van der Waals surface area contributed by atoms with Crippen LogP contribution >= 0.6 is 11.6 Å². The first-order valence-electron chi connectivity index (χ1n) is 7.99. The molecule has 0 heterocycles. The number of unbranched alkanes of at least 4 members (excludes halogenated alkanes) is 3. The first kappa shape index (κ1) is 17.1. The van der Waals surface area contributed by atoms with E-state index in [0.717, 1.165) is 31.6 Å². The number of rotatable bonds is 8. The van der Waals surface area contributed by atoms with Crippen molar-refractivity contribution < 1.29 is 0 Å². The maximum Gasteiger partial charge on any atom is 0.0309 e. The van der Waals surface area contributed by atoms with E-state index in [2.05, 4.69) is 43.9 Å². The summed E-state index contributed by atoms with van der Waals surface area (Å²) in [5.74, 6) is 7.52. The van der Waals surface area contributed by atoms with Crippen molar-refractivity contribution >= 4 is 11.6 Å². The van der Waals surface area contributed by atoms with Gasteiger partial charge in [-0.15, -0.1) is 11.6 Å². The van der Waals surface area contributed by atoms with E-state index >= 15 is 0 Å². The Labute approximate surface area is 129 Å². The van der Waals surface area contributed by atoms with Gasteiger partial charge in [0, 0.05) is 17.9 Å².